The molecule has 2 fully saturated rings. The third-order valence-corrected chi connectivity index (χ3v) is 3.19. The highest BCUT2D eigenvalue weighted by molar-refractivity contribution is 5.84. The number of piperidine rings is 1. The Morgan fingerprint density at radius 1 is 1.17 bits per heavy atom. The second-order valence-corrected chi connectivity index (χ2v) is 4.32. The Bertz CT molecular complexity index is 321. The predicted octanol–water partition coefficient (Wildman–Crippen LogP) is 1.25. The van der Waals surface area contributed by atoms with Crippen molar-refractivity contribution >= 4 is 5.91 Å². The summed E-state index contributed by atoms with van der Waals surface area (Å²) < 4.78 is 60.6. The summed E-state index contributed by atoms with van der Waals surface area (Å²) in [5, 5.41) is 0. The van der Waals surface area contributed by atoms with E-state index in [-0.39, 0.29) is 25.9 Å². The van der Waals surface area contributed by atoms with Gasteiger partial charge < -0.3 is 14.4 Å². The van der Waals surface area contributed by atoms with Crippen LogP contribution >= 0.6 is 0 Å². The van der Waals surface area contributed by atoms with Gasteiger partial charge in [0.25, 0.3) is 5.91 Å². The van der Waals surface area contributed by atoms with Crippen LogP contribution in [0.2, 0.25) is 0 Å². The van der Waals surface area contributed by atoms with Gasteiger partial charge in [0.05, 0.1) is 13.2 Å². The third kappa shape index (κ3) is 2.31. The summed E-state index contributed by atoms with van der Waals surface area (Å²) in [6.45, 7) is 0.699. The Morgan fingerprint density at radius 2 is 1.67 bits per heavy atom. The summed E-state index contributed by atoms with van der Waals surface area (Å²) in [6, 6.07) is 0. The molecule has 0 radical (unpaired) electrons. The second-order valence-electron chi connectivity index (χ2n) is 4.32. The number of carbonyl (C=O) groups excluding carboxylic acids is 1. The minimum atomic E-state index is -4.62. The van der Waals surface area contributed by atoms with Gasteiger partial charge in [-0.2, -0.15) is 8.78 Å². The van der Waals surface area contributed by atoms with Crippen LogP contribution in [-0.2, 0) is 14.3 Å². The van der Waals surface area contributed by atoms with Crippen molar-refractivity contribution in [1.29, 1.82) is 0 Å². The molecule has 0 aromatic heterocycles. The molecule has 1 spiro atoms. The molecule has 0 aromatic carbocycles. The van der Waals surface area contributed by atoms with E-state index in [0.717, 1.165) is 4.90 Å². The lowest BCUT2D eigenvalue weighted by Crippen LogP contribution is -2.53. The first-order valence-corrected chi connectivity index (χ1v) is 5.61. The van der Waals surface area contributed by atoms with Crippen molar-refractivity contribution in [3.8, 4) is 0 Å². The van der Waals surface area contributed by atoms with Crippen molar-refractivity contribution in [2.45, 2.75) is 31.0 Å². The molecule has 2 saturated heterocycles. The van der Waals surface area contributed by atoms with Crippen LogP contribution in [0.25, 0.3) is 0 Å². The molecule has 2 aliphatic rings. The van der Waals surface area contributed by atoms with Crippen LogP contribution in [0.4, 0.5) is 17.6 Å². The zero-order chi connectivity index (χ0) is 13.4. The van der Waals surface area contributed by atoms with Crippen molar-refractivity contribution in [2.24, 2.45) is 0 Å². The van der Waals surface area contributed by atoms with Gasteiger partial charge in [-0.3, -0.25) is 4.79 Å². The fourth-order valence-corrected chi connectivity index (χ4v) is 2.14. The van der Waals surface area contributed by atoms with Gasteiger partial charge in [0.1, 0.15) is 0 Å². The molecule has 2 rings (SSSR count). The number of likely N-dealkylation sites (tertiary alicyclic amines) is 1. The van der Waals surface area contributed by atoms with E-state index in [9.17, 15) is 22.4 Å². The van der Waals surface area contributed by atoms with E-state index in [1.807, 2.05) is 0 Å². The van der Waals surface area contributed by atoms with E-state index in [1.54, 1.807) is 0 Å². The summed E-state index contributed by atoms with van der Waals surface area (Å²) in [5.74, 6) is -7.27. The van der Waals surface area contributed by atoms with Crippen LogP contribution in [0.3, 0.4) is 0 Å². The van der Waals surface area contributed by atoms with E-state index in [2.05, 4.69) is 0 Å². The van der Waals surface area contributed by atoms with E-state index in [1.165, 1.54) is 0 Å². The Kier molecular flexibility index (Phi) is 3.50. The zero-order valence-corrected chi connectivity index (χ0v) is 9.50. The average Bonchev–Trinajstić information content (AvgIpc) is 2.77. The van der Waals surface area contributed by atoms with Gasteiger partial charge in [-0.15, -0.1) is 0 Å². The number of carbonyl (C=O) groups is 1. The predicted molar refractivity (Wildman–Crippen MR) is 51.4 cm³/mol. The number of amides is 1. The second kappa shape index (κ2) is 4.65. The fourth-order valence-electron chi connectivity index (χ4n) is 2.14. The summed E-state index contributed by atoms with van der Waals surface area (Å²) in [5.41, 5.74) is 0. The normalized spacial score (nSPS) is 23.9. The molecule has 1 amide bonds. The van der Waals surface area contributed by atoms with Crippen molar-refractivity contribution in [3.63, 3.8) is 0 Å². The molecular formula is C10H13F4NO3. The number of ether oxygens (including phenoxy) is 2. The van der Waals surface area contributed by atoms with Crippen LogP contribution in [0.15, 0.2) is 0 Å². The number of alkyl halides is 4. The first kappa shape index (κ1) is 13.5. The zero-order valence-electron chi connectivity index (χ0n) is 9.50. The number of rotatable bonds is 2. The highest BCUT2D eigenvalue weighted by Crippen LogP contribution is 2.33. The Labute approximate surface area is 101 Å². The molecule has 0 bridgehead atoms. The first-order chi connectivity index (χ1) is 8.37. The fraction of sp³-hybridized carbons (Fsp3) is 0.900. The maximum Gasteiger partial charge on any atom is 0.383 e. The Balaban J connectivity index is 1.95. The van der Waals surface area contributed by atoms with Gasteiger partial charge in [-0.05, 0) is 0 Å². The summed E-state index contributed by atoms with van der Waals surface area (Å²) in [7, 11) is 0. The first-order valence-electron chi connectivity index (χ1n) is 5.61. The standard InChI is InChI=1S/C10H13F4NO3/c11-7(12)10(13,14)8(16)15-3-1-9(2-4-15)17-5-6-18-9/h7H,1-6H2. The quantitative estimate of drug-likeness (QED) is 0.710. The SMILES string of the molecule is O=C(N1CCC2(CC1)OCCO2)C(F)(F)C(F)F. The maximum absolute atomic E-state index is 12.9. The Hall–Kier alpha value is -0.890. The van der Waals surface area contributed by atoms with E-state index in [4.69, 9.17) is 9.47 Å². The number of hydrogen-bond acceptors (Lipinski definition) is 3. The van der Waals surface area contributed by atoms with E-state index >= 15 is 0 Å². The molecule has 4 nitrogen and oxygen atoms in total. The smallest absolute Gasteiger partial charge is 0.347 e. The summed E-state index contributed by atoms with van der Waals surface area (Å²) >= 11 is 0. The highest BCUT2D eigenvalue weighted by atomic mass is 19.3. The van der Waals surface area contributed by atoms with Gasteiger partial charge in [0, 0.05) is 25.9 Å². The van der Waals surface area contributed by atoms with Gasteiger partial charge in [-0.25, -0.2) is 8.78 Å². The van der Waals surface area contributed by atoms with Crippen molar-refractivity contribution in [3.05, 3.63) is 0 Å². The molecule has 0 unspecified atom stereocenters. The molecule has 0 atom stereocenters. The largest absolute Gasteiger partial charge is 0.383 e. The molecule has 2 aliphatic heterocycles. The minimum Gasteiger partial charge on any atom is -0.347 e. The molecule has 2 heterocycles. The minimum absolute atomic E-state index is 0.0683. The lowest BCUT2D eigenvalue weighted by atomic mass is 10.0. The van der Waals surface area contributed by atoms with Crippen LogP contribution in [0.1, 0.15) is 12.8 Å². The molecule has 0 N–H and O–H groups in total. The van der Waals surface area contributed by atoms with Crippen molar-refractivity contribution in [1.82, 2.24) is 4.90 Å². The van der Waals surface area contributed by atoms with Gasteiger partial charge in [0.15, 0.2) is 5.79 Å². The lowest BCUT2D eigenvalue weighted by Gasteiger charge is -2.38. The van der Waals surface area contributed by atoms with Crippen molar-refractivity contribution < 1.29 is 31.8 Å². The van der Waals surface area contributed by atoms with Gasteiger partial charge in [0.2, 0.25) is 0 Å². The third-order valence-electron chi connectivity index (χ3n) is 3.19. The van der Waals surface area contributed by atoms with Gasteiger partial charge >= 0.3 is 12.3 Å². The summed E-state index contributed by atoms with van der Waals surface area (Å²) in [6.07, 6.45) is -3.55. The number of nitrogens with zero attached hydrogens (tertiary/aromatic N) is 1. The number of halogens is 4. The molecule has 0 aromatic rings. The molecule has 18 heavy (non-hydrogen) atoms. The molecule has 8 heteroatoms. The Morgan fingerprint density at radius 3 is 2.11 bits per heavy atom. The van der Waals surface area contributed by atoms with E-state index < -0.39 is 24.0 Å². The van der Waals surface area contributed by atoms with Crippen LogP contribution in [0, 0.1) is 0 Å². The van der Waals surface area contributed by atoms with Crippen molar-refractivity contribution in [2.75, 3.05) is 26.3 Å². The van der Waals surface area contributed by atoms with E-state index in [0.29, 0.717) is 13.2 Å². The molecular weight excluding hydrogens is 258 g/mol. The van der Waals surface area contributed by atoms with Crippen LogP contribution < -0.4 is 0 Å². The topological polar surface area (TPSA) is 38.8 Å². The average molecular weight is 271 g/mol. The maximum atomic E-state index is 12.9. The monoisotopic (exact) mass is 271 g/mol. The molecule has 0 saturated carbocycles. The molecule has 0 aliphatic carbocycles. The van der Waals surface area contributed by atoms with Gasteiger partial charge in [-0.1, -0.05) is 0 Å². The summed E-state index contributed by atoms with van der Waals surface area (Å²) in [4.78, 5) is 12.0. The lowest BCUT2D eigenvalue weighted by molar-refractivity contribution is -0.202. The number of hydrogen-bond donors (Lipinski definition) is 0. The van der Waals surface area contributed by atoms with Crippen LogP contribution in [0.5, 0.6) is 0 Å². The highest BCUT2D eigenvalue weighted by Gasteiger charge is 2.52. The molecule has 104 valence electrons. The van der Waals surface area contributed by atoms with Crippen LogP contribution in [-0.4, -0.2) is 55.2 Å².